The van der Waals surface area contributed by atoms with Crippen molar-refractivity contribution in [2.24, 2.45) is 0 Å². The first-order valence-corrected chi connectivity index (χ1v) is 7.23. The Hall–Kier alpha value is -1.52. The fraction of sp³-hybridized carbons (Fsp3) is 0.333. The van der Waals surface area contributed by atoms with E-state index in [1.165, 1.54) is 0 Å². The molecule has 0 saturated carbocycles. The number of hydrogen-bond donors (Lipinski definition) is 1. The Morgan fingerprint density at radius 2 is 2.05 bits per heavy atom. The van der Waals surface area contributed by atoms with E-state index in [4.69, 9.17) is 0 Å². The lowest BCUT2D eigenvalue weighted by Crippen LogP contribution is -2.15. The lowest BCUT2D eigenvalue weighted by molar-refractivity contribution is 0.101. The molecular weight excluding hydrogens is 256 g/mol. The van der Waals surface area contributed by atoms with Crippen molar-refractivity contribution in [1.82, 2.24) is 10.3 Å². The molecule has 0 saturated heterocycles. The summed E-state index contributed by atoms with van der Waals surface area (Å²) >= 11 is 1.60. The number of aromatic nitrogens is 1. The van der Waals surface area contributed by atoms with Crippen LogP contribution in [0.3, 0.4) is 0 Å². The maximum atomic E-state index is 11.8. The van der Waals surface area contributed by atoms with Crippen molar-refractivity contribution in [3.8, 4) is 10.4 Å². The number of nitrogens with zero attached hydrogens (tertiary/aromatic N) is 1. The summed E-state index contributed by atoms with van der Waals surface area (Å²) < 4.78 is 0. The van der Waals surface area contributed by atoms with Crippen LogP contribution in [0.25, 0.3) is 10.4 Å². The zero-order valence-electron chi connectivity index (χ0n) is 11.4. The van der Waals surface area contributed by atoms with E-state index in [1.807, 2.05) is 37.4 Å². The van der Waals surface area contributed by atoms with Crippen LogP contribution in [0.4, 0.5) is 0 Å². The molecule has 4 heteroatoms. The molecule has 0 aliphatic heterocycles. The molecule has 1 N–H and O–H groups in total. The second-order valence-corrected chi connectivity index (χ2v) is 5.43. The van der Waals surface area contributed by atoms with Crippen molar-refractivity contribution in [3.63, 3.8) is 0 Å². The van der Waals surface area contributed by atoms with E-state index in [0.717, 1.165) is 21.9 Å². The van der Waals surface area contributed by atoms with Crippen LogP contribution in [0.15, 0.2) is 30.3 Å². The van der Waals surface area contributed by atoms with Crippen LogP contribution < -0.4 is 5.32 Å². The van der Waals surface area contributed by atoms with Crippen LogP contribution >= 0.6 is 11.3 Å². The summed E-state index contributed by atoms with van der Waals surface area (Å²) in [6.07, 6.45) is 0.954. The average Bonchev–Trinajstić information content (AvgIpc) is 2.86. The minimum absolute atomic E-state index is 0.0207. The SMILES string of the molecule is CCC(NC)c1nc(C(C)=O)c(-c2ccccc2)s1. The maximum absolute atomic E-state index is 11.8. The Kier molecular flexibility index (Phi) is 4.45. The molecular formula is C15H18N2OS. The summed E-state index contributed by atoms with van der Waals surface area (Å²) in [4.78, 5) is 17.3. The normalized spacial score (nSPS) is 12.4. The van der Waals surface area contributed by atoms with Crippen molar-refractivity contribution in [3.05, 3.63) is 41.0 Å². The molecule has 1 atom stereocenters. The van der Waals surface area contributed by atoms with Gasteiger partial charge in [-0.15, -0.1) is 11.3 Å². The molecule has 0 amide bonds. The first-order chi connectivity index (χ1) is 9.17. The van der Waals surface area contributed by atoms with E-state index in [0.29, 0.717) is 5.69 Å². The maximum Gasteiger partial charge on any atom is 0.179 e. The molecule has 19 heavy (non-hydrogen) atoms. The quantitative estimate of drug-likeness (QED) is 0.846. The smallest absolute Gasteiger partial charge is 0.179 e. The fourth-order valence-electron chi connectivity index (χ4n) is 2.01. The number of rotatable bonds is 5. The minimum atomic E-state index is 0.0207. The third kappa shape index (κ3) is 2.91. The number of nitrogens with one attached hydrogen (secondary N) is 1. The molecule has 0 bridgehead atoms. The molecule has 0 aliphatic carbocycles. The summed E-state index contributed by atoms with van der Waals surface area (Å²) in [7, 11) is 1.92. The van der Waals surface area contributed by atoms with Gasteiger partial charge in [-0.25, -0.2) is 4.98 Å². The molecule has 1 aromatic carbocycles. The van der Waals surface area contributed by atoms with Crippen molar-refractivity contribution in [2.75, 3.05) is 7.05 Å². The molecule has 2 rings (SSSR count). The molecule has 0 fully saturated rings. The third-order valence-electron chi connectivity index (χ3n) is 3.07. The Labute approximate surface area is 117 Å². The Bertz CT molecular complexity index is 559. The average molecular weight is 274 g/mol. The molecule has 1 heterocycles. The summed E-state index contributed by atoms with van der Waals surface area (Å²) in [5, 5.41) is 4.22. The number of benzene rings is 1. The largest absolute Gasteiger partial charge is 0.311 e. The van der Waals surface area contributed by atoms with Gasteiger partial charge in [-0.1, -0.05) is 37.3 Å². The van der Waals surface area contributed by atoms with E-state index in [9.17, 15) is 4.79 Å². The fourth-order valence-corrected chi connectivity index (χ4v) is 3.32. The van der Waals surface area contributed by atoms with Gasteiger partial charge >= 0.3 is 0 Å². The van der Waals surface area contributed by atoms with Crippen molar-refractivity contribution < 1.29 is 4.79 Å². The standard InChI is InChI=1S/C15H18N2OS/c1-4-12(16-3)15-17-13(10(2)18)14(19-15)11-8-6-5-7-9-11/h5-9,12,16H,4H2,1-3H3. The van der Waals surface area contributed by atoms with Crippen molar-refractivity contribution >= 4 is 17.1 Å². The lowest BCUT2D eigenvalue weighted by atomic mass is 10.1. The van der Waals surface area contributed by atoms with Crippen molar-refractivity contribution in [1.29, 1.82) is 0 Å². The molecule has 1 aromatic heterocycles. The topological polar surface area (TPSA) is 42.0 Å². The molecule has 0 aliphatic rings. The highest BCUT2D eigenvalue weighted by molar-refractivity contribution is 7.15. The van der Waals surface area contributed by atoms with E-state index in [2.05, 4.69) is 17.2 Å². The summed E-state index contributed by atoms with van der Waals surface area (Å²) in [6.45, 7) is 3.68. The number of carbonyl (C=O) groups is 1. The van der Waals surface area contributed by atoms with Gasteiger partial charge in [-0.2, -0.15) is 0 Å². The zero-order valence-corrected chi connectivity index (χ0v) is 12.3. The van der Waals surface area contributed by atoms with Gasteiger partial charge in [-0.05, 0) is 19.0 Å². The highest BCUT2D eigenvalue weighted by atomic mass is 32.1. The zero-order chi connectivity index (χ0) is 13.8. The first-order valence-electron chi connectivity index (χ1n) is 6.41. The third-order valence-corrected chi connectivity index (χ3v) is 4.29. The molecule has 0 radical (unpaired) electrons. The predicted octanol–water partition coefficient (Wildman–Crippen LogP) is 3.68. The van der Waals surface area contributed by atoms with Gasteiger partial charge in [0.1, 0.15) is 10.7 Å². The summed E-state index contributed by atoms with van der Waals surface area (Å²) in [5.74, 6) is 0.0207. The van der Waals surface area contributed by atoms with Gasteiger partial charge < -0.3 is 5.32 Å². The number of carbonyl (C=O) groups excluding carboxylic acids is 1. The van der Waals surface area contributed by atoms with Crippen LogP contribution in [0.2, 0.25) is 0 Å². The van der Waals surface area contributed by atoms with Gasteiger partial charge in [0.15, 0.2) is 5.78 Å². The summed E-state index contributed by atoms with van der Waals surface area (Å²) in [5.41, 5.74) is 1.64. The van der Waals surface area contributed by atoms with Crippen LogP contribution in [0.5, 0.6) is 0 Å². The number of thiazole rings is 1. The molecule has 3 nitrogen and oxygen atoms in total. The Morgan fingerprint density at radius 1 is 1.37 bits per heavy atom. The molecule has 1 unspecified atom stereocenters. The van der Waals surface area contributed by atoms with Crippen LogP contribution in [-0.2, 0) is 0 Å². The molecule has 100 valence electrons. The monoisotopic (exact) mass is 274 g/mol. The van der Waals surface area contributed by atoms with E-state index >= 15 is 0 Å². The first kappa shape index (κ1) is 13.9. The number of ketones is 1. The lowest BCUT2D eigenvalue weighted by Gasteiger charge is -2.09. The Balaban J connectivity index is 2.51. The second kappa shape index (κ2) is 6.08. The van der Waals surface area contributed by atoms with Crippen LogP contribution in [-0.4, -0.2) is 17.8 Å². The minimum Gasteiger partial charge on any atom is -0.311 e. The number of hydrogen-bond acceptors (Lipinski definition) is 4. The van der Waals surface area contributed by atoms with Crippen LogP contribution in [0, 0.1) is 0 Å². The van der Waals surface area contributed by atoms with Gasteiger partial charge in [0.2, 0.25) is 0 Å². The molecule has 0 spiro atoms. The molecule has 2 aromatic rings. The van der Waals surface area contributed by atoms with Gasteiger partial charge in [0, 0.05) is 6.92 Å². The predicted molar refractivity (Wildman–Crippen MR) is 79.6 cm³/mol. The highest BCUT2D eigenvalue weighted by Gasteiger charge is 2.20. The van der Waals surface area contributed by atoms with Crippen LogP contribution in [0.1, 0.15) is 41.8 Å². The van der Waals surface area contributed by atoms with Crippen molar-refractivity contribution in [2.45, 2.75) is 26.3 Å². The van der Waals surface area contributed by atoms with E-state index < -0.39 is 0 Å². The van der Waals surface area contributed by atoms with E-state index in [-0.39, 0.29) is 11.8 Å². The van der Waals surface area contributed by atoms with Gasteiger partial charge in [-0.3, -0.25) is 4.79 Å². The number of Topliss-reactive ketones (excluding diaryl/α,β-unsaturated/α-hetero) is 1. The second-order valence-electron chi connectivity index (χ2n) is 4.40. The van der Waals surface area contributed by atoms with E-state index in [1.54, 1.807) is 18.3 Å². The van der Waals surface area contributed by atoms with Gasteiger partial charge in [0.25, 0.3) is 0 Å². The van der Waals surface area contributed by atoms with Gasteiger partial charge in [0.05, 0.1) is 10.9 Å². The Morgan fingerprint density at radius 3 is 2.58 bits per heavy atom. The summed E-state index contributed by atoms with van der Waals surface area (Å²) in [6, 6.07) is 10.2. The highest BCUT2D eigenvalue weighted by Crippen LogP contribution is 2.33.